The van der Waals surface area contributed by atoms with Crippen LogP contribution in [-0.2, 0) is 15.9 Å². The van der Waals surface area contributed by atoms with Gasteiger partial charge in [-0.15, -0.1) is 6.58 Å². The number of methoxy groups -OCH3 is 1. The van der Waals surface area contributed by atoms with Crippen molar-refractivity contribution in [1.29, 1.82) is 0 Å². The van der Waals surface area contributed by atoms with E-state index in [9.17, 15) is 9.90 Å². The average Bonchev–Trinajstić information content (AvgIpc) is 3.00. The zero-order chi connectivity index (χ0) is 28.8. The lowest BCUT2D eigenvalue weighted by atomic mass is 9.84. The lowest BCUT2D eigenvalue weighted by Crippen LogP contribution is -2.14. The molecule has 4 heteroatoms. The van der Waals surface area contributed by atoms with Gasteiger partial charge in [0, 0.05) is 38.1 Å². The molecule has 2 aromatic carbocycles. The molecule has 0 amide bonds. The summed E-state index contributed by atoms with van der Waals surface area (Å²) in [6.45, 7) is 8.66. The smallest absolute Gasteiger partial charge is 0.193 e. The fraction of sp³-hybridized carbons (Fsp3) is 0.583. The molecule has 222 valence electrons. The maximum atomic E-state index is 12.7. The second-order valence-corrected chi connectivity index (χ2v) is 11.3. The van der Waals surface area contributed by atoms with Gasteiger partial charge in [0.05, 0.1) is 6.61 Å². The quantitative estimate of drug-likeness (QED) is 0.0809. The molecule has 3 atom stereocenters. The van der Waals surface area contributed by atoms with Gasteiger partial charge < -0.3 is 14.6 Å². The van der Waals surface area contributed by atoms with Gasteiger partial charge in [0.25, 0.3) is 0 Å². The lowest BCUT2D eigenvalue weighted by Gasteiger charge is -2.23. The summed E-state index contributed by atoms with van der Waals surface area (Å²) in [4.78, 5) is 12.7. The number of carbonyl (C=O) groups excluding carboxylic acids is 1. The minimum atomic E-state index is 0.0723. The summed E-state index contributed by atoms with van der Waals surface area (Å²) in [6.07, 6.45) is 15.6. The number of unbranched alkanes of at least 4 members (excludes halogenated alkanes) is 1. The summed E-state index contributed by atoms with van der Waals surface area (Å²) in [7, 11) is 1.77. The monoisotopic (exact) mass is 550 g/mol. The molecule has 0 bridgehead atoms. The van der Waals surface area contributed by atoms with E-state index in [1.807, 2.05) is 48.5 Å². The Morgan fingerprint density at radius 3 is 2.12 bits per heavy atom. The number of aryl methyl sites for hydroxylation is 1. The van der Waals surface area contributed by atoms with E-state index in [0.717, 1.165) is 62.4 Å². The van der Waals surface area contributed by atoms with E-state index in [4.69, 9.17) is 9.47 Å². The minimum absolute atomic E-state index is 0.0723. The second kappa shape index (κ2) is 21.5. The summed E-state index contributed by atoms with van der Waals surface area (Å²) in [5.74, 6) is 2.03. The van der Waals surface area contributed by atoms with E-state index in [0.29, 0.717) is 18.4 Å². The standard InChI is InChI=1S/C36H54O4/c1-4-27-40-29-33(12-9-10-28-39-3)21-17-30(5-2)16-18-31(13-11-26-37)19-20-32-22-24-35(25-23-32)36(38)34-14-7-6-8-15-34/h4,6-8,14-15,22-25,30-31,33,37H,1,5,9-13,16-21,26-29H2,2-3H3. The van der Waals surface area contributed by atoms with Crippen LogP contribution < -0.4 is 0 Å². The first-order valence-electron chi connectivity index (χ1n) is 15.6. The van der Waals surface area contributed by atoms with E-state index >= 15 is 0 Å². The van der Waals surface area contributed by atoms with Gasteiger partial charge in [-0.1, -0.05) is 99.7 Å². The van der Waals surface area contributed by atoms with E-state index < -0.39 is 0 Å². The fourth-order valence-electron chi connectivity index (χ4n) is 5.57. The molecule has 40 heavy (non-hydrogen) atoms. The molecular weight excluding hydrogens is 496 g/mol. The third-order valence-electron chi connectivity index (χ3n) is 8.21. The number of hydrogen-bond acceptors (Lipinski definition) is 4. The number of benzene rings is 2. The highest BCUT2D eigenvalue weighted by Crippen LogP contribution is 2.28. The highest BCUT2D eigenvalue weighted by Gasteiger charge is 2.17. The summed E-state index contributed by atoms with van der Waals surface area (Å²) >= 11 is 0. The fourth-order valence-corrected chi connectivity index (χ4v) is 5.57. The number of ether oxygens (including phenoxy) is 2. The third kappa shape index (κ3) is 13.9. The van der Waals surface area contributed by atoms with Crippen molar-refractivity contribution < 1.29 is 19.4 Å². The molecular formula is C36H54O4. The molecule has 0 aliphatic heterocycles. The van der Waals surface area contributed by atoms with Gasteiger partial charge in [-0.2, -0.15) is 0 Å². The van der Waals surface area contributed by atoms with Crippen molar-refractivity contribution in [2.45, 2.75) is 84.0 Å². The number of hydrogen-bond donors (Lipinski definition) is 1. The van der Waals surface area contributed by atoms with Gasteiger partial charge in [-0.05, 0) is 68.3 Å². The molecule has 0 heterocycles. The molecule has 4 nitrogen and oxygen atoms in total. The van der Waals surface area contributed by atoms with Crippen molar-refractivity contribution in [3.05, 3.63) is 83.9 Å². The van der Waals surface area contributed by atoms with Crippen LogP contribution in [-0.4, -0.2) is 44.4 Å². The Balaban J connectivity index is 1.84. The molecule has 0 saturated carbocycles. The van der Waals surface area contributed by atoms with Crippen LogP contribution in [0.25, 0.3) is 0 Å². The molecule has 0 saturated heterocycles. The summed E-state index contributed by atoms with van der Waals surface area (Å²) in [5.41, 5.74) is 2.75. The largest absolute Gasteiger partial charge is 0.396 e. The Hall–Kier alpha value is -2.27. The Morgan fingerprint density at radius 2 is 1.48 bits per heavy atom. The number of carbonyl (C=O) groups is 1. The van der Waals surface area contributed by atoms with Gasteiger partial charge in [-0.3, -0.25) is 4.79 Å². The van der Waals surface area contributed by atoms with E-state index in [1.54, 1.807) is 7.11 Å². The Kier molecular flexibility index (Phi) is 18.2. The molecule has 0 aromatic heterocycles. The molecule has 0 radical (unpaired) electrons. The molecule has 2 aromatic rings. The Morgan fingerprint density at radius 1 is 0.825 bits per heavy atom. The Bertz CT molecular complexity index is 908. The first kappa shape index (κ1) is 33.9. The minimum Gasteiger partial charge on any atom is -0.396 e. The summed E-state index contributed by atoms with van der Waals surface area (Å²) in [5, 5.41) is 9.48. The highest BCUT2D eigenvalue weighted by atomic mass is 16.5. The topological polar surface area (TPSA) is 55.8 Å². The predicted molar refractivity (Wildman–Crippen MR) is 167 cm³/mol. The van der Waals surface area contributed by atoms with Crippen LogP contribution in [0.4, 0.5) is 0 Å². The van der Waals surface area contributed by atoms with Gasteiger partial charge in [0.15, 0.2) is 5.78 Å². The van der Waals surface area contributed by atoms with Crippen molar-refractivity contribution >= 4 is 5.78 Å². The number of aliphatic hydroxyl groups is 1. The van der Waals surface area contributed by atoms with E-state index in [1.165, 1.54) is 50.5 Å². The van der Waals surface area contributed by atoms with Crippen molar-refractivity contribution in [1.82, 2.24) is 0 Å². The third-order valence-corrected chi connectivity index (χ3v) is 8.21. The van der Waals surface area contributed by atoms with Crippen LogP contribution in [0, 0.1) is 17.8 Å². The molecule has 0 aliphatic rings. The van der Waals surface area contributed by atoms with Crippen LogP contribution in [0.2, 0.25) is 0 Å². The summed E-state index contributed by atoms with van der Waals surface area (Å²) in [6, 6.07) is 17.6. The zero-order valence-electron chi connectivity index (χ0n) is 25.2. The lowest BCUT2D eigenvalue weighted by molar-refractivity contribution is 0.103. The van der Waals surface area contributed by atoms with Crippen LogP contribution in [0.3, 0.4) is 0 Å². The molecule has 0 spiro atoms. The molecule has 2 rings (SSSR count). The van der Waals surface area contributed by atoms with Crippen molar-refractivity contribution in [2.75, 3.05) is 33.5 Å². The SMILES string of the molecule is C=CCOCC(CCCCOC)CCC(CC)CCC(CCCO)CCc1ccc(C(=O)c2ccccc2)cc1. The number of aliphatic hydroxyl groups excluding tert-OH is 1. The molecule has 3 unspecified atom stereocenters. The normalized spacial score (nSPS) is 13.6. The van der Waals surface area contributed by atoms with Crippen LogP contribution >= 0.6 is 0 Å². The van der Waals surface area contributed by atoms with Gasteiger partial charge >= 0.3 is 0 Å². The van der Waals surface area contributed by atoms with Gasteiger partial charge in [-0.25, -0.2) is 0 Å². The van der Waals surface area contributed by atoms with Crippen LogP contribution in [0.15, 0.2) is 67.3 Å². The first-order chi connectivity index (χ1) is 19.6. The molecule has 1 N–H and O–H groups in total. The van der Waals surface area contributed by atoms with Gasteiger partial charge in [0.2, 0.25) is 0 Å². The predicted octanol–water partition coefficient (Wildman–Crippen LogP) is 8.46. The first-order valence-corrected chi connectivity index (χ1v) is 15.6. The maximum absolute atomic E-state index is 12.7. The van der Waals surface area contributed by atoms with Crippen molar-refractivity contribution in [3.8, 4) is 0 Å². The summed E-state index contributed by atoms with van der Waals surface area (Å²) < 4.78 is 11.1. The zero-order valence-corrected chi connectivity index (χ0v) is 25.2. The molecule has 0 aliphatic carbocycles. The number of rotatable bonds is 24. The highest BCUT2D eigenvalue weighted by molar-refractivity contribution is 6.08. The van der Waals surface area contributed by atoms with Gasteiger partial charge in [0.1, 0.15) is 0 Å². The van der Waals surface area contributed by atoms with Crippen molar-refractivity contribution in [2.24, 2.45) is 17.8 Å². The van der Waals surface area contributed by atoms with E-state index in [2.05, 4.69) is 25.6 Å². The second-order valence-electron chi connectivity index (χ2n) is 11.3. The molecule has 0 fully saturated rings. The Labute approximate surface area is 244 Å². The number of ketones is 1. The van der Waals surface area contributed by atoms with Crippen LogP contribution in [0.1, 0.15) is 99.0 Å². The van der Waals surface area contributed by atoms with Crippen molar-refractivity contribution in [3.63, 3.8) is 0 Å². The van der Waals surface area contributed by atoms with E-state index in [-0.39, 0.29) is 12.4 Å². The van der Waals surface area contributed by atoms with Crippen LogP contribution in [0.5, 0.6) is 0 Å². The average molecular weight is 551 g/mol. The maximum Gasteiger partial charge on any atom is 0.193 e.